The number of carbonyl (C=O) groups is 7. The SMILES string of the molecule is Cc1ncsc1-c1ccc([C@H](C)NC(=O)[C@@H]2C[C@@H](O)CN2C(=O)C(NC(=O)CCNC(=O)COc2ccc3c(c2)CN(C(=O)C(NC(=O)c2cc4cc(C(F)(F)P(=O)(O)O)ccc4s2)C(C)(C)C)C(C(=O)N2CCCC(c4ccccc4)C2)C3)C(C)(C)C)cc1. The van der Waals surface area contributed by atoms with E-state index in [1.807, 2.05) is 68.4 Å². The molecule has 0 radical (unpaired) electrons. The molecule has 4 unspecified atom stereocenters. The molecule has 7 amide bonds. The molecule has 2 fully saturated rings. The van der Waals surface area contributed by atoms with Gasteiger partial charge in [-0.05, 0) is 101 Å². The van der Waals surface area contributed by atoms with E-state index >= 15 is 4.79 Å². The van der Waals surface area contributed by atoms with Crippen LogP contribution in [0.1, 0.15) is 129 Å². The number of amides is 7. The first kappa shape index (κ1) is 66.9. The third kappa shape index (κ3) is 15.3. The van der Waals surface area contributed by atoms with E-state index in [-0.39, 0.29) is 66.7 Å². The van der Waals surface area contributed by atoms with Gasteiger partial charge < -0.3 is 55.6 Å². The van der Waals surface area contributed by atoms with Gasteiger partial charge in [0.1, 0.15) is 29.9 Å². The molecule has 2 saturated heterocycles. The molecule has 7 atom stereocenters. The van der Waals surface area contributed by atoms with Crippen molar-refractivity contribution in [2.75, 3.05) is 32.8 Å². The molecule has 6 aromatic rings. The largest absolute Gasteiger partial charge is 0.484 e. The van der Waals surface area contributed by atoms with E-state index in [9.17, 15) is 57.0 Å². The number of alkyl halides is 2. The Labute approximate surface area is 529 Å². The van der Waals surface area contributed by atoms with Gasteiger partial charge in [-0.2, -0.15) is 8.78 Å². The van der Waals surface area contributed by atoms with Crippen molar-refractivity contribution in [1.29, 1.82) is 0 Å². The highest BCUT2D eigenvalue weighted by atomic mass is 32.1. The van der Waals surface area contributed by atoms with Gasteiger partial charge in [-0.15, -0.1) is 22.7 Å². The maximum atomic E-state index is 15.3. The Kier molecular flexibility index (Phi) is 20.2. The lowest BCUT2D eigenvalue weighted by molar-refractivity contribution is -0.150. The second-order valence-corrected chi connectivity index (χ2v) is 29.2. The molecular weight excluding hydrogens is 1220 g/mol. The number of fused-ring (bicyclic) bond motifs is 2. The lowest BCUT2D eigenvalue weighted by Gasteiger charge is -2.43. The van der Waals surface area contributed by atoms with Crippen LogP contribution in [-0.4, -0.2) is 139 Å². The molecule has 0 spiro atoms. The summed E-state index contributed by atoms with van der Waals surface area (Å²) in [6, 6.07) is 22.4. The van der Waals surface area contributed by atoms with E-state index in [1.165, 1.54) is 21.9 Å². The van der Waals surface area contributed by atoms with Crippen molar-refractivity contribution in [2.45, 2.75) is 142 Å². The summed E-state index contributed by atoms with van der Waals surface area (Å²) in [4.78, 5) is 128. The Morgan fingerprint density at radius 2 is 1.49 bits per heavy atom. The average Bonchev–Trinajstić information content (AvgIpc) is 1.22. The van der Waals surface area contributed by atoms with Gasteiger partial charge in [0.25, 0.3) is 11.8 Å². The number of nitrogens with zero attached hydrogens (tertiary/aromatic N) is 4. The molecule has 20 nitrogen and oxygen atoms in total. The minimum Gasteiger partial charge on any atom is -0.484 e. The van der Waals surface area contributed by atoms with Gasteiger partial charge in [0.05, 0.1) is 33.1 Å². The first-order valence-electron chi connectivity index (χ1n) is 29.9. The minimum absolute atomic E-state index is 0.0122. The molecular formula is C65H77F2N8O12PS2. The Morgan fingerprint density at radius 3 is 2.16 bits per heavy atom. The molecule has 9 rings (SSSR count). The number of nitrogens with one attached hydrogen (secondary N) is 4. The average molecular weight is 1300 g/mol. The Bertz CT molecular complexity index is 3720. The predicted octanol–water partition coefficient (Wildman–Crippen LogP) is 8.32. The molecule has 7 N–H and O–H groups in total. The fraction of sp³-hybridized carbons (Fsp3) is 0.446. The van der Waals surface area contributed by atoms with E-state index in [2.05, 4.69) is 26.3 Å². The lowest BCUT2D eigenvalue weighted by atomic mass is 9.83. The predicted molar refractivity (Wildman–Crippen MR) is 337 cm³/mol. The third-order valence-corrected chi connectivity index (χ3v) is 19.9. The van der Waals surface area contributed by atoms with E-state index < -0.39 is 108 Å². The number of likely N-dealkylation sites (tertiary alicyclic amines) is 2. The van der Waals surface area contributed by atoms with Crippen LogP contribution >= 0.6 is 30.3 Å². The number of ether oxygens (including phenoxy) is 1. The highest BCUT2D eigenvalue weighted by Crippen LogP contribution is 2.59. The van der Waals surface area contributed by atoms with Crippen LogP contribution in [-0.2, 0) is 52.0 Å². The second kappa shape index (κ2) is 27.2. The van der Waals surface area contributed by atoms with Crippen LogP contribution in [0.5, 0.6) is 5.75 Å². The maximum absolute atomic E-state index is 15.3. The van der Waals surface area contributed by atoms with Crippen molar-refractivity contribution in [2.24, 2.45) is 10.8 Å². The number of piperidine rings is 1. The summed E-state index contributed by atoms with van der Waals surface area (Å²) < 4.78 is 47.4. The van der Waals surface area contributed by atoms with Crippen molar-refractivity contribution in [3.05, 3.63) is 141 Å². The van der Waals surface area contributed by atoms with Gasteiger partial charge in [-0.3, -0.25) is 38.1 Å². The normalized spacial score (nSPS) is 19.1. The number of benzene rings is 4. The number of thiophene rings is 1. The van der Waals surface area contributed by atoms with E-state index in [0.29, 0.717) is 23.4 Å². The Morgan fingerprint density at radius 1 is 0.800 bits per heavy atom. The number of aliphatic hydroxyl groups excluding tert-OH is 1. The van der Waals surface area contributed by atoms with Gasteiger partial charge in [-0.1, -0.05) is 108 Å². The maximum Gasteiger partial charge on any atom is 0.399 e. The molecule has 0 aliphatic carbocycles. The molecule has 2 aromatic heterocycles. The minimum atomic E-state index is -5.88. The van der Waals surface area contributed by atoms with Crippen molar-refractivity contribution in [3.63, 3.8) is 0 Å². The number of rotatable bonds is 19. The number of hydrogen-bond donors (Lipinski definition) is 7. The van der Waals surface area contributed by atoms with Crippen molar-refractivity contribution in [3.8, 4) is 16.2 Å². The number of carbonyl (C=O) groups excluding carboxylic acids is 7. The van der Waals surface area contributed by atoms with Crippen LogP contribution in [0, 0.1) is 17.8 Å². The number of aryl methyl sites for hydroxylation is 1. The molecule has 3 aliphatic heterocycles. The zero-order chi connectivity index (χ0) is 65.2. The fourth-order valence-electron chi connectivity index (χ4n) is 11.8. The molecule has 0 saturated carbocycles. The molecule has 0 bridgehead atoms. The monoisotopic (exact) mass is 1290 g/mol. The molecule has 5 heterocycles. The number of hydrogen-bond acceptors (Lipinski definition) is 13. The van der Waals surface area contributed by atoms with Crippen molar-refractivity contribution in [1.82, 2.24) is 41.0 Å². The summed E-state index contributed by atoms with van der Waals surface area (Å²) in [6.07, 6.45) is 0.543. The highest BCUT2D eigenvalue weighted by Gasteiger charge is 2.51. The number of thiazole rings is 1. The standard InChI is InChI=1S/C65H77F2N8O12PS2/c1-37(39-16-18-41(19-17-39)55-38(2)69-36-89-55)70-58(79)49-31-47(76)34-75(49)61(82)56(63(3,4)5)71-53(77)24-25-68-54(78)35-87-48-22-20-42-29-50(60(81)73-26-12-15-43(32-73)40-13-10-9-11-14-40)74(33-45(42)28-48)62(83)57(64(6,7)8)72-59(80)52-30-44-27-46(21-23-51(44)90-52)65(66,67)88(84,85)86/h9-11,13-14,16-23,27-28,30,36-37,43,47,49-50,56-57,76H,12,15,24-26,29,31-35H2,1-8H3,(H,68,78)(H,70,79)(H,71,77)(H,72,80)(H2,84,85,86)/t37-,43?,47+,49-,50?,56?,57?/m0/s1. The van der Waals surface area contributed by atoms with Crippen LogP contribution in [0.2, 0.25) is 0 Å². The molecule has 25 heteroatoms. The van der Waals surface area contributed by atoms with Crippen LogP contribution in [0.4, 0.5) is 8.78 Å². The summed E-state index contributed by atoms with van der Waals surface area (Å²) >= 11 is 2.48. The fourth-order valence-corrected chi connectivity index (χ4v) is 14.0. The quantitative estimate of drug-likeness (QED) is 0.0376. The second-order valence-electron chi connectivity index (χ2n) is 25.6. The lowest BCUT2D eigenvalue weighted by Crippen LogP contribution is -2.61. The zero-order valence-electron chi connectivity index (χ0n) is 51.5. The van der Waals surface area contributed by atoms with E-state index in [1.54, 1.807) is 81.5 Å². The van der Waals surface area contributed by atoms with Gasteiger partial charge in [0.2, 0.25) is 29.5 Å². The van der Waals surface area contributed by atoms with E-state index in [4.69, 9.17) is 4.74 Å². The van der Waals surface area contributed by atoms with Crippen LogP contribution in [0.3, 0.4) is 0 Å². The number of β-amino-alcohol motifs (C(OH)–C–C–N with tert-alkyl or cyclic N) is 1. The summed E-state index contributed by atoms with van der Waals surface area (Å²) in [7, 11) is -5.88. The van der Waals surface area contributed by atoms with Crippen molar-refractivity contribution >= 4 is 81.7 Å². The Balaban J connectivity index is 0.838. The van der Waals surface area contributed by atoms with Crippen LogP contribution in [0.15, 0.2) is 103 Å². The van der Waals surface area contributed by atoms with Gasteiger partial charge in [0.15, 0.2) is 6.61 Å². The molecule has 3 aliphatic rings. The van der Waals surface area contributed by atoms with Crippen LogP contribution < -0.4 is 26.0 Å². The van der Waals surface area contributed by atoms with Gasteiger partial charge >= 0.3 is 13.3 Å². The van der Waals surface area contributed by atoms with Gasteiger partial charge in [0, 0.05) is 68.2 Å². The highest BCUT2D eigenvalue weighted by molar-refractivity contribution is 7.52. The molecule has 4 aromatic carbocycles. The third-order valence-electron chi connectivity index (χ3n) is 16.8. The number of aromatic nitrogens is 1. The van der Waals surface area contributed by atoms with E-state index in [0.717, 1.165) is 69.1 Å². The summed E-state index contributed by atoms with van der Waals surface area (Å²) in [5, 5.41) is 22.2. The van der Waals surface area contributed by atoms with Gasteiger partial charge in [-0.25, -0.2) is 4.98 Å². The summed E-state index contributed by atoms with van der Waals surface area (Å²) in [5.41, 5.74) is -0.162. The first-order chi connectivity index (χ1) is 42.4. The first-order valence-corrected chi connectivity index (χ1v) is 33.2. The van der Waals surface area contributed by atoms with Crippen molar-refractivity contribution < 1.29 is 66.5 Å². The molecule has 480 valence electrons. The zero-order valence-corrected chi connectivity index (χ0v) is 54.0. The Hall–Kier alpha value is -7.47. The molecule has 90 heavy (non-hydrogen) atoms. The number of halogens is 2. The summed E-state index contributed by atoms with van der Waals surface area (Å²) in [6.45, 7) is 14.5. The summed E-state index contributed by atoms with van der Waals surface area (Å²) in [5.74, 6) is -3.30. The smallest absolute Gasteiger partial charge is 0.399 e. The topological polar surface area (TPSA) is 277 Å². The number of aliphatic hydroxyl groups is 1. The van der Waals surface area contributed by atoms with Crippen LogP contribution in [0.25, 0.3) is 20.5 Å².